The molecule has 1 aliphatic heterocycles. The monoisotopic (exact) mass is 287 g/mol. The van der Waals surface area contributed by atoms with Crippen molar-refractivity contribution in [3.8, 4) is 11.8 Å². The normalized spacial score (nSPS) is 27.5. The number of aromatic hydroxyl groups is 1. The maximum absolute atomic E-state index is 9.59. The first-order valence-corrected chi connectivity index (χ1v) is 7.70. The van der Waals surface area contributed by atoms with E-state index < -0.39 is 5.41 Å². The van der Waals surface area contributed by atoms with E-state index in [0.717, 1.165) is 44.3 Å². The van der Waals surface area contributed by atoms with Crippen LogP contribution in [0.25, 0.3) is 0 Å². The van der Waals surface area contributed by atoms with Crippen LogP contribution in [0.1, 0.15) is 43.2 Å². The Labute approximate surface area is 125 Å². The quantitative estimate of drug-likeness (QED) is 0.846. The molecule has 4 nitrogen and oxygen atoms in total. The third kappa shape index (κ3) is 2.90. The average Bonchev–Trinajstić information content (AvgIpc) is 2.51. The van der Waals surface area contributed by atoms with Gasteiger partial charge >= 0.3 is 0 Å². The van der Waals surface area contributed by atoms with Crippen LogP contribution in [0.4, 0.5) is 0 Å². The molecule has 1 saturated heterocycles. The summed E-state index contributed by atoms with van der Waals surface area (Å²) in [6, 6.07) is 7.76. The number of benzene rings is 1. The molecule has 4 heteroatoms. The Morgan fingerprint density at radius 1 is 1.43 bits per heavy atom. The predicted octanol–water partition coefficient (Wildman–Crippen LogP) is 3.03. The summed E-state index contributed by atoms with van der Waals surface area (Å²) in [5.41, 5.74) is 1.72. The van der Waals surface area contributed by atoms with Gasteiger partial charge < -0.3 is 14.6 Å². The van der Waals surface area contributed by atoms with E-state index in [9.17, 15) is 10.4 Å². The van der Waals surface area contributed by atoms with Crippen LogP contribution in [-0.2, 0) is 21.3 Å². The number of fused-ring (bicyclic) bond motifs is 1. The van der Waals surface area contributed by atoms with E-state index in [2.05, 4.69) is 6.07 Å². The second kappa shape index (κ2) is 6.05. The molecule has 0 radical (unpaired) electrons. The second-order valence-electron chi connectivity index (χ2n) is 5.98. The molecular weight excluding hydrogens is 266 g/mol. The summed E-state index contributed by atoms with van der Waals surface area (Å²) in [7, 11) is 0. The summed E-state index contributed by atoms with van der Waals surface area (Å²) in [5, 5.41) is 19.1. The van der Waals surface area contributed by atoms with Crippen molar-refractivity contribution in [3.63, 3.8) is 0 Å². The molecular formula is C17H21NO3. The molecule has 1 aromatic carbocycles. The number of hydrogen-bond acceptors (Lipinski definition) is 4. The van der Waals surface area contributed by atoms with Gasteiger partial charge in [-0.1, -0.05) is 6.07 Å². The largest absolute Gasteiger partial charge is 0.508 e. The van der Waals surface area contributed by atoms with Crippen molar-refractivity contribution in [1.29, 1.82) is 5.26 Å². The lowest BCUT2D eigenvalue weighted by Gasteiger charge is -2.38. The van der Waals surface area contributed by atoms with E-state index in [4.69, 9.17) is 9.47 Å². The summed E-state index contributed by atoms with van der Waals surface area (Å²) in [4.78, 5) is 0. The molecule has 2 aliphatic rings. The molecule has 0 spiro atoms. The maximum atomic E-state index is 9.59. The first kappa shape index (κ1) is 14.4. The summed E-state index contributed by atoms with van der Waals surface area (Å²) in [6.45, 7) is 1.42. The van der Waals surface area contributed by atoms with Crippen molar-refractivity contribution >= 4 is 0 Å². The third-order valence-electron chi connectivity index (χ3n) is 4.50. The standard InChI is InChI=1S/C17H21NO3/c18-12-17(11-13-5-6-14(19)10-15(13)17)7-3-9-21-16-4-1-2-8-20-16/h5-6,10,16,19H,1-4,7-9,11H2. The Bertz CT molecular complexity index is 545. The van der Waals surface area contributed by atoms with Gasteiger partial charge in [0.1, 0.15) is 5.75 Å². The SMILES string of the molecule is N#CC1(CCCOC2CCCCO2)Cc2ccc(O)cc21. The lowest BCUT2D eigenvalue weighted by atomic mass is 9.62. The molecule has 1 N–H and O–H groups in total. The number of phenols is 1. The van der Waals surface area contributed by atoms with Crippen LogP contribution in [0.3, 0.4) is 0 Å². The first-order chi connectivity index (χ1) is 10.2. The Balaban J connectivity index is 1.51. The maximum Gasteiger partial charge on any atom is 0.157 e. The summed E-state index contributed by atoms with van der Waals surface area (Å²) >= 11 is 0. The number of rotatable bonds is 5. The minimum absolute atomic E-state index is 0.0606. The van der Waals surface area contributed by atoms with Crippen LogP contribution in [0.2, 0.25) is 0 Å². The van der Waals surface area contributed by atoms with E-state index in [1.54, 1.807) is 12.1 Å². The highest BCUT2D eigenvalue weighted by Crippen LogP contribution is 2.45. The van der Waals surface area contributed by atoms with Crippen molar-refractivity contribution < 1.29 is 14.6 Å². The number of ether oxygens (including phenoxy) is 2. The number of phenolic OH excluding ortho intramolecular Hbond substituents is 1. The third-order valence-corrected chi connectivity index (χ3v) is 4.50. The Morgan fingerprint density at radius 3 is 3.10 bits per heavy atom. The van der Waals surface area contributed by atoms with E-state index >= 15 is 0 Å². The number of nitrogens with zero attached hydrogens (tertiary/aromatic N) is 1. The fourth-order valence-corrected chi connectivity index (χ4v) is 3.29. The molecule has 112 valence electrons. The van der Waals surface area contributed by atoms with Gasteiger partial charge in [-0.05, 0) is 61.8 Å². The van der Waals surface area contributed by atoms with Crippen LogP contribution in [-0.4, -0.2) is 24.6 Å². The summed E-state index contributed by atoms with van der Waals surface area (Å²) in [6.07, 6.45) is 5.58. The molecule has 0 amide bonds. The average molecular weight is 287 g/mol. The van der Waals surface area contributed by atoms with Gasteiger partial charge in [-0.25, -0.2) is 0 Å². The zero-order valence-corrected chi connectivity index (χ0v) is 12.2. The highest BCUT2D eigenvalue weighted by Gasteiger charge is 2.42. The molecule has 2 unspecified atom stereocenters. The molecule has 1 fully saturated rings. The molecule has 0 saturated carbocycles. The van der Waals surface area contributed by atoms with E-state index in [-0.39, 0.29) is 12.0 Å². The van der Waals surface area contributed by atoms with E-state index in [1.165, 1.54) is 12.0 Å². The van der Waals surface area contributed by atoms with Crippen molar-refractivity contribution in [2.24, 2.45) is 0 Å². The van der Waals surface area contributed by atoms with Gasteiger partial charge in [0.15, 0.2) is 6.29 Å². The Kier molecular flexibility index (Phi) is 4.14. The molecule has 1 aromatic rings. The highest BCUT2D eigenvalue weighted by atomic mass is 16.7. The van der Waals surface area contributed by atoms with Crippen molar-refractivity contribution in [1.82, 2.24) is 0 Å². The van der Waals surface area contributed by atoms with Crippen LogP contribution < -0.4 is 0 Å². The smallest absolute Gasteiger partial charge is 0.157 e. The second-order valence-corrected chi connectivity index (χ2v) is 5.98. The fourth-order valence-electron chi connectivity index (χ4n) is 3.29. The molecule has 1 heterocycles. The predicted molar refractivity (Wildman–Crippen MR) is 77.9 cm³/mol. The zero-order chi connectivity index (χ0) is 14.7. The topological polar surface area (TPSA) is 62.5 Å². The fraction of sp³-hybridized carbons (Fsp3) is 0.588. The van der Waals surface area contributed by atoms with Crippen LogP contribution >= 0.6 is 0 Å². The summed E-state index contributed by atoms with van der Waals surface area (Å²) in [5.74, 6) is 0.236. The first-order valence-electron chi connectivity index (χ1n) is 7.70. The van der Waals surface area contributed by atoms with Gasteiger partial charge in [-0.15, -0.1) is 0 Å². The lowest BCUT2D eigenvalue weighted by molar-refractivity contribution is -0.163. The van der Waals surface area contributed by atoms with Crippen molar-refractivity contribution in [3.05, 3.63) is 29.3 Å². The highest BCUT2D eigenvalue weighted by molar-refractivity contribution is 5.52. The van der Waals surface area contributed by atoms with Gasteiger partial charge in [-0.2, -0.15) is 5.26 Å². The van der Waals surface area contributed by atoms with Gasteiger partial charge in [0, 0.05) is 13.2 Å². The Hall–Kier alpha value is -1.57. The molecule has 3 rings (SSSR count). The van der Waals surface area contributed by atoms with Crippen LogP contribution in [0, 0.1) is 11.3 Å². The van der Waals surface area contributed by atoms with E-state index in [1.807, 2.05) is 6.07 Å². The van der Waals surface area contributed by atoms with Gasteiger partial charge in [0.25, 0.3) is 0 Å². The van der Waals surface area contributed by atoms with Crippen molar-refractivity contribution in [2.45, 2.75) is 50.2 Å². The molecule has 2 atom stereocenters. The van der Waals surface area contributed by atoms with Gasteiger partial charge in [0.05, 0.1) is 11.5 Å². The molecule has 1 aliphatic carbocycles. The molecule has 0 bridgehead atoms. The van der Waals surface area contributed by atoms with Crippen LogP contribution in [0.15, 0.2) is 18.2 Å². The minimum Gasteiger partial charge on any atom is -0.508 e. The Morgan fingerprint density at radius 2 is 2.33 bits per heavy atom. The van der Waals surface area contributed by atoms with Crippen molar-refractivity contribution in [2.75, 3.05) is 13.2 Å². The zero-order valence-electron chi connectivity index (χ0n) is 12.2. The van der Waals surface area contributed by atoms with Gasteiger partial charge in [0.2, 0.25) is 0 Å². The van der Waals surface area contributed by atoms with Gasteiger partial charge in [-0.3, -0.25) is 0 Å². The molecule has 0 aromatic heterocycles. The lowest BCUT2D eigenvalue weighted by Crippen LogP contribution is -2.37. The van der Waals surface area contributed by atoms with E-state index in [0.29, 0.717) is 6.61 Å². The summed E-state index contributed by atoms with van der Waals surface area (Å²) < 4.78 is 11.3. The number of hydrogen-bond donors (Lipinski definition) is 1. The molecule has 21 heavy (non-hydrogen) atoms. The minimum atomic E-state index is -0.440. The number of nitriles is 1. The van der Waals surface area contributed by atoms with Crippen LogP contribution in [0.5, 0.6) is 5.75 Å².